The molecular weight excluding hydrogens is 669 g/mol. The number of hydrogen-bond acceptors (Lipinski definition) is 6. The normalized spacial score (nSPS) is 19.9. The van der Waals surface area contributed by atoms with Crippen LogP contribution in [0.1, 0.15) is 98.8 Å². The third-order valence-electron chi connectivity index (χ3n) is 11.8. The fourth-order valence-corrected chi connectivity index (χ4v) is 14.3. The number of fused-ring (bicyclic) bond motifs is 4. The van der Waals surface area contributed by atoms with Gasteiger partial charge < -0.3 is 0 Å². The second-order valence-electron chi connectivity index (χ2n) is 16.2. The highest BCUT2D eigenvalue weighted by Gasteiger charge is 2.64. The van der Waals surface area contributed by atoms with Crippen LogP contribution in [0.3, 0.4) is 0 Å². The molecule has 1 N–H and O–H groups in total. The topological polar surface area (TPSA) is 83.8 Å². The molecule has 51 heavy (non-hydrogen) atoms. The second-order valence-corrected chi connectivity index (χ2v) is 23.3. The summed E-state index contributed by atoms with van der Waals surface area (Å²) in [5, 5.41) is 9.39. The lowest BCUT2D eigenvalue weighted by Gasteiger charge is -2.34. The average molecular weight is 715 g/mol. The average Bonchev–Trinajstić information content (AvgIpc) is 3.71. The number of carbonyl (C=O) groups is 2. The Morgan fingerprint density at radius 3 is 1.71 bits per heavy atom. The molecule has 4 heterocycles. The molecule has 3 aliphatic heterocycles. The molecule has 0 radical (unpaired) electrons. The highest BCUT2D eigenvalue weighted by atomic mass is 32.2. The molecule has 2 unspecified atom stereocenters. The van der Waals surface area contributed by atoms with Gasteiger partial charge in [-0.05, 0) is 69.4 Å². The number of amides is 2. The summed E-state index contributed by atoms with van der Waals surface area (Å²) < 4.78 is 1.68. The lowest BCUT2D eigenvalue weighted by Crippen LogP contribution is -2.47. The van der Waals surface area contributed by atoms with Crippen LogP contribution < -0.4 is 16.5 Å². The number of rotatable bonds is 12. The Balaban J connectivity index is 1.21. The number of imide groups is 1. The molecule has 9 heteroatoms. The Bertz CT molecular complexity index is 2470. The zero-order valence-corrected chi connectivity index (χ0v) is 32.1. The number of aromatic nitrogens is 1. The van der Waals surface area contributed by atoms with Crippen molar-refractivity contribution >= 4 is 85.5 Å². The fourth-order valence-electron chi connectivity index (χ4n) is 9.28. The third-order valence-corrected chi connectivity index (χ3v) is 17.5. The molecule has 9 rings (SSSR count). The quantitative estimate of drug-likeness (QED) is 0.0341. The van der Waals surface area contributed by atoms with E-state index < -0.39 is 13.1 Å². The Hall–Kier alpha value is -3.95. The van der Waals surface area contributed by atoms with E-state index in [0.717, 1.165) is 99.8 Å². The largest absolute Gasteiger partial charge is 0.285 e. The number of nitrogens with one attached hydrogen (secondary N) is 1. The predicted molar refractivity (Wildman–Crippen MR) is 215 cm³/mol. The maximum atomic E-state index is 14.5. The number of thioether (sulfide) groups is 1. The number of nitrogens with zero attached hydrogens (tertiary/aromatic N) is 3. The molecule has 1 spiro atoms. The molecule has 2 atom stereocenters. The molecule has 7 nitrogen and oxygen atoms in total. The highest BCUT2D eigenvalue weighted by molar-refractivity contribution is 8.10. The van der Waals surface area contributed by atoms with Gasteiger partial charge in [-0.2, -0.15) is 0 Å². The van der Waals surface area contributed by atoms with E-state index in [4.69, 9.17) is 4.99 Å². The smallest absolute Gasteiger partial charge is 0.278 e. The van der Waals surface area contributed by atoms with Crippen LogP contribution in [0.25, 0.3) is 53.9 Å². The maximum absolute atomic E-state index is 14.5. The SMILES string of the molecule is CCCCCCC(CCCCCC)N1C(=O)c2ccc3c4ccc5c(=O)n6c(c7ccc(c8ccc(c2c38)C1=O)c4c57)=NC1(N6)SC1[Si](C)(C)C. The first-order chi connectivity index (χ1) is 24.6. The molecule has 1 fully saturated rings. The van der Waals surface area contributed by atoms with Crippen molar-refractivity contribution in [2.75, 3.05) is 5.43 Å². The van der Waals surface area contributed by atoms with Gasteiger partial charge in [0.05, 0.1) is 18.3 Å². The minimum absolute atomic E-state index is 0.0741. The van der Waals surface area contributed by atoms with E-state index in [-0.39, 0.29) is 23.4 Å². The number of pyridine rings is 1. The summed E-state index contributed by atoms with van der Waals surface area (Å²) in [6.45, 7) is 11.5. The highest BCUT2D eigenvalue weighted by Crippen LogP contribution is 2.58. The molecule has 262 valence electrons. The zero-order chi connectivity index (χ0) is 35.4. The molecule has 2 amide bonds. The van der Waals surface area contributed by atoms with Crippen LogP contribution >= 0.6 is 11.8 Å². The van der Waals surface area contributed by atoms with E-state index in [2.05, 4.69) is 69.2 Å². The Labute approximate surface area is 303 Å². The predicted octanol–water partition coefficient (Wildman–Crippen LogP) is 9.50. The van der Waals surface area contributed by atoms with Gasteiger partial charge in [0.15, 0.2) is 5.49 Å². The molecule has 1 aromatic heterocycles. The summed E-state index contributed by atoms with van der Waals surface area (Å²) in [7, 11) is -1.51. The monoisotopic (exact) mass is 714 g/mol. The zero-order valence-electron chi connectivity index (χ0n) is 30.3. The lowest BCUT2D eigenvalue weighted by atomic mass is 9.83. The van der Waals surface area contributed by atoms with Crippen molar-refractivity contribution in [1.82, 2.24) is 9.58 Å². The lowest BCUT2D eigenvalue weighted by molar-refractivity contribution is 0.0517. The van der Waals surface area contributed by atoms with E-state index in [9.17, 15) is 14.4 Å². The first-order valence-corrected chi connectivity index (χ1v) is 23.5. The van der Waals surface area contributed by atoms with E-state index >= 15 is 0 Å². The molecule has 0 aliphatic carbocycles. The number of benzene rings is 5. The van der Waals surface area contributed by atoms with Crippen LogP contribution in [0.2, 0.25) is 19.6 Å². The van der Waals surface area contributed by atoms with Crippen molar-refractivity contribution < 1.29 is 9.59 Å². The fraction of sp³-hybridized carbons (Fsp3) is 0.429. The van der Waals surface area contributed by atoms with Crippen molar-refractivity contribution in [3.63, 3.8) is 0 Å². The van der Waals surface area contributed by atoms with Crippen LogP contribution in [0.15, 0.2) is 58.3 Å². The summed E-state index contributed by atoms with van der Waals surface area (Å²) in [5.74, 6) is -0.326. The summed E-state index contributed by atoms with van der Waals surface area (Å²) in [5.41, 5.74) is 5.38. The van der Waals surface area contributed by atoms with E-state index in [1.807, 2.05) is 30.0 Å². The van der Waals surface area contributed by atoms with Crippen molar-refractivity contribution in [3.8, 4) is 0 Å². The molecule has 5 aromatic carbocycles. The first kappa shape index (κ1) is 32.9. The van der Waals surface area contributed by atoms with Crippen LogP contribution in [0.5, 0.6) is 0 Å². The van der Waals surface area contributed by atoms with Crippen molar-refractivity contribution in [2.45, 2.75) is 114 Å². The van der Waals surface area contributed by atoms with E-state index in [0.29, 0.717) is 26.9 Å². The van der Waals surface area contributed by atoms with Crippen molar-refractivity contribution in [1.29, 1.82) is 0 Å². The van der Waals surface area contributed by atoms with Crippen LogP contribution in [-0.2, 0) is 0 Å². The van der Waals surface area contributed by atoms with Gasteiger partial charge >= 0.3 is 0 Å². The maximum Gasteiger partial charge on any atom is 0.278 e. The van der Waals surface area contributed by atoms with Crippen LogP contribution in [-0.4, -0.2) is 45.4 Å². The summed E-state index contributed by atoms with van der Waals surface area (Å²) in [6.07, 6.45) is 10.7. The van der Waals surface area contributed by atoms with Gasteiger partial charge in [0.1, 0.15) is 0 Å². The van der Waals surface area contributed by atoms with Crippen LogP contribution in [0, 0.1) is 0 Å². The molecule has 0 saturated carbocycles. The standard InChI is InChI=1S/C42H46N4O3SSi/c1-6-8-10-12-14-24(15-13-11-9-7-2)45-38(47)30-21-17-27-25-16-20-29-35-32(40(49)46-37(29)43-42(44-46)41(50-42)51(3,4)5)23-19-26(33(25)35)28-18-22-31(39(45)48)36(30)34(27)28/h16-24,41,44H,6-15H2,1-5H3. The molecule has 1 saturated heterocycles. The second kappa shape index (κ2) is 11.8. The number of unbranched alkanes of at least 4 members (excludes halogenated alkanes) is 6. The van der Waals surface area contributed by atoms with Gasteiger partial charge in [0.2, 0.25) is 4.99 Å². The Morgan fingerprint density at radius 2 is 1.18 bits per heavy atom. The van der Waals surface area contributed by atoms with Gasteiger partial charge in [0, 0.05) is 33.3 Å². The minimum atomic E-state index is -1.51. The molecular formula is C42H46N4O3SSi. The van der Waals surface area contributed by atoms with E-state index in [1.54, 1.807) is 9.58 Å². The van der Waals surface area contributed by atoms with Gasteiger partial charge in [0.25, 0.3) is 17.4 Å². The van der Waals surface area contributed by atoms with Gasteiger partial charge in [-0.1, -0.05) is 109 Å². The van der Waals surface area contributed by atoms with Gasteiger partial charge in [-0.25, -0.2) is 9.67 Å². The number of carbonyl (C=O) groups excluding carboxylic acids is 2. The number of hydrogen-bond donors (Lipinski definition) is 1. The van der Waals surface area contributed by atoms with E-state index in [1.165, 1.54) is 12.8 Å². The van der Waals surface area contributed by atoms with Crippen molar-refractivity contribution in [3.05, 3.63) is 75.5 Å². The van der Waals surface area contributed by atoms with Gasteiger partial charge in [-0.15, -0.1) is 11.8 Å². The molecule has 3 aliphatic rings. The minimum Gasteiger partial charge on any atom is -0.285 e. The first-order valence-electron chi connectivity index (χ1n) is 19.1. The Morgan fingerprint density at radius 1 is 0.686 bits per heavy atom. The van der Waals surface area contributed by atoms with Crippen molar-refractivity contribution in [2.24, 2.45) is 4.99 Å². The summed E-state index contributed by atoms with van der Waals surface area (Å²) in [6, 6.07) is 16.2. The van der Waals surface area contributed by atoms with Crippen LogP contribution in [0.4, 0.5) is 0 Å². The van der Waals surface area contributed by atoms with Gasteiger partial charge in [-0.3, -0.25) is 24.7 Å². The third kappa shape index (κ3) is 4.76. The molecule has 6 aromatic rings. The summed E-state index contributed by atoms with van der Waals surface area (Å²) in [4.78, 5) is 49.8. The summed E-state index contributed by atoms with van der Waals surface area (Å²) >= 11 is 1.83. The Kier molecular flexibility index (Phi) is 7.61. The molecule has 0 bridgehead atoms.